The average molecular weight is 526 g/mol. The van der Waals surface area contributed by atoms with Crippen LogP contribution in [0.4, 0.5) is 0 Å². The van der Waals surface area contributed by atoms with Crippen LogP contribution in [0.1, 0.15) is 32.8 Å². The minimum atomic E-state index is -4.48. The number of rotatable bonds is 7. The summed E-state index contributed by atoms with van der Waals surface area (Å²) < 4.78 is 59.2. The van der Waals surface area contributed by atoms with Gasteiger partial charge in [0.2, 0.25) is 5.90 Å². The van der Waals surface area contributed by atoms with Crippen molar-refractivity contribution in [2.45, 2.75) is 47.1 Å². The molecule has 0 unspecified atom stereocenters. The third-order valence-corrected chi connectivity index (χ3v) is 11.1. The molecule has 0 aromatic heterocycles. The number of cyclic esters (lactones) is 1. The Balaban J connectivity index is 1.98. The molecule has 1 atom stereocenters. The number of benzene rings is 3. The highest BCUT2D eigenvalue weighted by Crippen LogP contribution is 2.43. The highest BCUT2D eigenvalue weighted by Gasteiger charge is 2.55. The minimum Gasteiger partial charge on any atom is -0.409 e. The lowest BCUT2D eigenvalue weighted by atomic mass is 9.88. The topological polar surface area (TPSA) is 107 Å². The number of hydrogen-bond donors (Lipinski definition) is 0. The number of sulfone groups is 2. The summed E-state index contributed by atoms with van der Waals surface area (Å²) in [5.41, 5.74) is -2.18. The fourth-order valence-corrected chi connectivity index (χ4v) is 8.63. The van der Waals surface area contributed by atoms with Crippen LogP contribution in [0, 0.1) is 5.41 Å². The molecule has 0 N–H and O–H groups in total. The summed E-state index contributed by atoms with van der Waals surface area (Å²) in [6, 6.07) is 23.1. The van der Waals surface area contributed by atoms with E-state index in [9.17, 15) is 21.6 Å². The predicted octanol–water partition coefficient (Wildman–Crippen LogP) is 4.55. The smallest absolute Gasteiger partial charge is 0.345 e. The van der Waals surface area contributed by atoms with Crippen LogP contribution in [0.15, 0.2) is 106 Å². The van der Waals surface area contributed by atoms with Gasteiger partial charge in [0.1, 0.15) is 0 Å². The van der Waals surface area contributed by atoms with E-state index in [2.05, 4.69) is 4.99 Å². The van der Waals surface area contributed by atoms with Crippen LogP contribution in [-0.2, 0) is 34.7 Å². The Bertz CT molecular complexity index is 1430. The minimum absolute atomic E-state index is 0.115. The lowest BCUT2D eigenvalue weighted by molar-refractivity contribution is -0.140. The van der Waals surface area contributed by atoms with E-state index in [1.54, 1.807) is 63.2 Å². The molecule has 3 aromatic carbocycles. The summed E-state index contributed by atoms with van der Waals surface area (Å²) >= 11 is 0. The third kappa shape index (κ3) is 4.60. The van der Waals surface area contributed by atoms with E-state index < -0.39 is 47.6 Å². The largest absolute Gasteiger partial charge is 0.409 e. The van der Waals surface area contributed by atoms with Gasteiger partial charge in [0.05, 0.1) is 9.79 Å². The molecule has 0 radical (unpaired) electrons. The first-order valence-corrected chi connectivity index (χ1v) is 14.4. The molecule has 1 aliphatic heterocycles. The third-order valence-electron chi connectivity index (χ3n) is 6.01. The van der Waals surface area contributed by atoms with E-state index in [4.69, 9.17) is 4.74 Å². The Morgan fingerprint density at radius 1 is 0.750 bits per heavy atom. The standard InChI is InChI=1S/C27H27NO6S2/c1-26(2,3)24-28-27(25(29)34-24,20-13-7-4-8-14-20)19-23(35(30,31)21-15-9-5-10-16-21)36(32,33)22-17-11-6-12-18-22/h4-18,23H,19H2,1-3H3/t27-/m0/s1. The molecular formula is C27H27NO6S2. The number of nitrogens with zero attached hydrogens (tertiary/aromatic N) is 1. The van der Waals surface area contributed by atoms with Crippen LogP contribution >= 0.6 is 0 Å². The molecule has 7 nitrogen and oxygen atoms in total. The maximum Gasteiger partial charge on any atom is 0.345 e. The van der Waals surface area contributed by atoms with Gasteiger partial charge < -0.3 is 4.74 Å². The number of carbonyl (C=O) groups is 1. The summed E-state index contributed by atoms with van der Waals surface area (Å²) in [7, 11) is -8.96. The summed E-state index contributed by atoms with van der Waals surface area (Å²) in [6.45, 7) is 5.41. The highest BCUT2D eigenvalue weighted by molar-refractivity contribution is 8.09. The fourth-order valence-electron chi connectivity index (χ4n) is 4.03. The summed E-state index contributed by atoms with van der Waals surface area (Å²) in [4.78, 5) is 17.8. The van der Waals surface area contributed by atoms with E-state index in [1.165, 1.54) is 48.5 Å². The number of ether oxygens (including phenoxy) is 1. The molecule has 9 heteroatoms. The second-order valence-corrected chi connectivity index (χ2v) is 14.2. The van der Waals surface area contributed by atoms with Crippen LogP contribution in [0.2, 0.25) is 0 Å². The zero-order valence-electron chi connectivity index (χ0n) is 20.2. The average Bonchev–Trinajstić information content (AvgIpc) is 3.21. The van der Waals surface area contributed by atoms with E-state index in [0.717, 1.165) is 0 Å². The van der Waals surface area contributed by atoms with Gasteiger partial charge in [-0.25, -0.2) is 26.6 Å². The lowest BCUT2D eigenvalue weighted by Crippen LogP contribution is -2.41. The molecule has 1 aliphatic rings. The molecule has 0 saturated carbocycles. The van der Waals surface area contributed by atoms with Gasteiger partial charge in [-0.05, 0) is 29.8 Å². The zero-order chi connectivity index (χ0) is 26.2. The first-order valence-electron chi connectivity index (χ1n) is 11.3. The Labute approximate surface area is 211 Å². The van der Waals surface area contributed by atoms with Crippen LogP contribution in [0.3, 0.4) is 0 Å². The highest BCUT2D eigenvalue weighted by atomic mass is 32.3. The summed E-state index contributed by atoms with van der Waals surface area (Å²) in [6.07, 6.45) is -0.649. The number of aliphatic imine (C=N–C) groups is 1. The molecule has 1 heterocycles. The van der Waals surface area contributed by atoms with Gasteiger partial charge in [0, 0.05) is 11.8 Å². The predicted molar refractivity (Wildman–Crippen MR) is 137 cm³/mol. The quantitative estimate of drug-likeness (QED) is 0.419. The number of esters is 1. The molecule has 3 aromatic rings. The molecule has 0 aliphatic carbocycles. The van der Waals surface area contributed by atoms with Crippen molar-refractivity contribution in [3.8, 4) is 0 Å². The van der Waals surface area contributed by atoms with Gasteiger partial charge in [-0.2, -0.15) is 0 Å². The van der Waals surface area contributed by atoms with Crippen molar-refractivity contribution in [3.05, 3.63) is 96.6 Å². The maximum atomic E-state index is 13.9. The van der Waals surface area contributed by atoms with E-state index in [-0.39, 0.29) is 15.7 Å². The lowest BCUT2D eigenvalue weighted by Gasteiger charge is -2.28. The van der Waals surface area contributed by atoms with Crippen molar-refractivity contribution < 1.29 is 26.4 Å². The van der Waals surface area contributed by atoms with Crippen molar-refractivity contribution in [3.63, 3.8) is 0 Å². The first kappa shape index (κ1) is 25.8. The Kier molecular flexibility index (Phi) is 6.66. The summed E-state index contributed by atoms with van der Waals surface area (Å²) in [5.74, 6) is -0.695. The second kappa shape index (κ2) is 9.29. The van der Waals surface area contributed by atoms with Gasteiger partial charge in [-0.3, -0.25) is 0 Å². The Morgan fingerprint density at radius 2 is 1.17 bits per heavy atom. The van der Waals surface area contributed by atoms with E-state index >= 15 is 0 Å². The zero-order valence-corrected chi connectivity index (χ0v) is 21.8. The molecule has 0 amide bonds. The number of hydrogen-bond acceptors (Lipinski definition) is 7. The van der Waals surface area contributed by atoms with Crippen molar-refractivity contribution >= 4 is 31.5 Å². The van der Waals surface area contributed by atoms with Gasteiger partial charge in [-0.15, -0.1) is 0 Å². The molecule has 0 bridgehead atoms. The van der Waals surface area contributed by atoms with Gasteiger partial charge in [0.25, 0.3) is 0 Å². The molecule has 0 saturated heterocycles. The maximum absolute atomic E-state index is 13.9. The van der Waals surface area contributed by atoms with Crippen molar-refractivity contribution in [1.29, 1.82) is 0 Å². The van der Waals surface area contributed by atoms with Crippen LogP contribution < -0.4 is 0 Å². The monoisotopic (exact) mass is 525 g/mol. The molecule has 0 fully saturated rings. The molecule has 36 heavy (non-hydrogen) atoms. The second-order valence-electron chi connectivity index (χ2n) is 9.63. The van der Waals surface area contributed by atoms with Gasteiger partial charge in [0.15, 0.2) is 29.8 Å². The number of carbonyl (C=O) groups excluding carboxylic acids is 1. The molecule has 4 rings (SSSR count). The van der Waals surface area contributed by atoms with Crippen molar-refractivity contribution in [2.24, 2.45) is 10.4 Å². The molecule has 0 spiro atoms. The van der Waals surface area contributed by atoms with Gasteiger partial charge in [-0.1, -0.05) is 87.5 Å². The van der Waals surface area contributed by atoms with Gasteiger partial charge >= 0.3 is 5.97 Å². The summed E-state index contributed by atoms with van der Waals surface area (Å²) in [5, 5.41) is 0. The van der Waals surface area contributed by atoms with Crippen molar-refractivity contribution in [2.75, 3.05) is 0 Å². The molecule has 188 valence electrons. The van der Waals surface area contributed by atoms with Crippen LogP contribution in [-0.4, -0.2) is 33.3 Å². The van der Waals surface area contributed by atoms with Crippen molar-refractivity contribution in [1.82, 2.24) is 0 Å². The normalized spacial score (nSPS) is 18.7. The Morgan fingerprint density at radius 3 is 1.56 bits per heavy atom. The van der Waals surface area contributed by atoms with E-state index in [0.29, 0.717) is 5.56 Å². The first-order chi connectivity index (χ1) is 16.9. The SMILES string of the molecule is CC(C)(C)C1=N[C@@](CC(S(=O)(=O)c2ccccc2)S(=O)(=O)c2ccccc2)(c2ccccc2)C(=O)O1. The Hall–Kier alpha value is -3.30. The molecular weight excluding hydrogens is 498 g/mol. The van der Waals surface area contributed by atoms with Crippen LogP contribution in [0.5, 0.6) is 0 Å². The van der Waals surface area contributed by atoms with E-state index in [1.807, 2.05) is 0 Å². The van der Waals surface area contributed by atoms with Crippen LogP contribution in [0.25, 0.3) is 0 Å². The fraction of sp³-hybridized carbons (Fsp3) is 0.259.